The van der Waals surface area contributed by atoms with E-state index in [4.69, 9.17) is 5.11 Å². The van der Waals surface area contributed by atoms with Gasteiger partial charge in [0.15, 0.2) is 0 Å². The van der Waals surface area contributed by atoms with Gasteiger partial charge >= 0.3 is 12.0 Å². The monoisotopic (exact) mass is 286 g/mol. The fraction of sp³-hybridized carbons (Fsp3) is 0.857. The average Bonchev–Trinajstić information content (AvgIpc) is 2.36. The second kappa shape index (κ2) is 7.47. The maximum atomic E-state index is 11.7. The lowest BCUT2D eigenvalue weighted by atomic mass is 9.85. The number of urea groups is 1. The molecule has 0 radical (unpaired) electrons. The molecule has 1 aliphatic rings. The number of hydrogen-bond donors (Lipinski definition) is 4. The molecule has 1 saturated carbocycles. The topological polar surface area (TPSA) is 98.7 Å². The number of aliphatic carboxylic acids is 1. The molecular weight excluding hydrogens is 260 g/mol. The first kappa shape index (κ1) is 16.8. The van der Waals surface area contributed by atoms with Crippen molar-refractivity contribution in [1.29, 1.82) is 0 Å². The van der Waals surface area contributed by atoms with Crippen LogP contribution >= 0.6 is 0 Å². The lowest BCUT2D eigenvalue weighted by Crippen LogP contribution is -2.49. The van der Waals surface area contributed by atoms with Crippen LogP contribution in [0.3, 0.4) is 0 Å². The van der Waals surface area contributed by atoms with Crippen LogP contribution in [-0.2, 0) is 4.79 Å². The van der Waals surface area contributed by atoms with Crippen LogP contribution < -0.4 is 10.6 Å². The van der Waals surface area contributed by atoms with Crippen LogP contribution in [0, 0.1) is 5.92 Å². The summed E-state index contributed by atoms with van der Waals surface area (Å²) in [6.07, 6.45) is 5.04. The summed E-state index contributed by atoms with van der Waals surface area (Å²) >= 11 is 0. The maximum Gasteiger partial charge on any atom is 0.315 e. The number of aliphatic hydroxyl groups is 1. The van der Waals surface area contributed by atoms with Gasteiger partial charge in [-0.1, -0.05) is 13.3 Å². The average molecular weight is 286 g/mol. The summed E-state index contributed by atoms with van der Waals surface area (Å²) in [7, 11) is 0. The van der Waals surface area contributed by atoms with Crippen molar-refractivity contribution in [1.82, 2.24) is 10.6 Å². The Morgan fingerprint density at radius 1 is 1.25 bits per heavy atom. The van der Waals surface area contributed by atoms with E-state index in [1.807, 2.05) is 0 Å². The number of amides is 2. The maximum absolute atomic E-state index is 11.7. The Labute approximate surface area is 119 Å². The van der Waals surface area contributed by atoms with Crippen molar-refractivity contribution in [2.24, 2.45) is 5.92 Å². The fourth-order valence-electron chi connectivity index (χ4n) is 2.61. The van der Waals surface area contributed by atoms with E-state index in [1.54, 1.807) is 0 Å². The predicted octanol–water partition coefficient (Wildman–Crippen LogP) is 1.48. The van der Waals surface area contributed by atoms with E-state index in [2.05, 4.69) is 17.6 Å². The fourth-order valence-corrected chi connectivity index (χ4v) is 2.61. The summed E-state index contributed by atoms with van der Waals surface area (Å²) in [6.45, 7) is 3.51. The van der Waals surface area contributed by atoms with Gasteiger partial charge in [0.2, 0.25) is 0 Å². The molecule has 6 nitrogen and oxygen atoms in total. The van der Waals surface area contributed by atoms with Crippen LogP contribution in [0.25, 0.3) is 0 Å². The molecule has 0 aromatic rings. The van der Waals surface area contributed by atoms with Crippen molar-refractivity contribution in [3.8, 4) is 0 Å². The third kappa shape index (κ3) is 6.23. The molecule has 0 spiro atoms. The molecule has 0 heterocycles. The van der Waals surface area contributed by atoms with Crippen LogP contribution in [0.15, 0.2) is 0 Å². The molecule has 2 amide bonds. The molecule has 6 heteroatoms. The molecule has 1 aliphatic carbocycles. The predicted molar refractivity (Wildman–Crippen MR) is 75.4 cm³/mol. The second-order valence-electron chi connectivity index (χ2n) is 6.02. The Hall–Kier alpha value is -1.30. The zero-order chi connectivity index (χ0) is 15.2. The molecule has 0 aromatic carbocycles. The van der Waals surface area contributed by atoms with Gasteiger partial charge in [0.05, 0.1) is 12.0 Å². The van der Waals surface area contributed by atoms with Gasteiger partial charge in [-0.2, -0.15) is 0 Å². The zero-order valence-electron chi connectivity index (χ0n) is 12.3. The van der Waals surface area contributed by atoms with E-state index >= 15 is 0 Å². The first-order valence-corrected chi connectivity index (χ1v) is 7.31. The van der Waals surface area contributed by atoms with Gasteiger partial charge in [0.25, 0.3) is 0 Å². The van der Waals surface area contributed by atoms with E-state index in [0.29, 0.717) is 0 Å². The summed E-state index contributed by atoms with van der Waals surface area (Å²) in [5, 5.41) is 23.8. The van der Waals surface area contributed by atoms with Crippen LogP contribution in [0.4, 0.5) is 4.79 Å². The third-order valence-electron chi connectivity index (χ3n) is 3.92. The summed E-state index contributed by atoms with van der Waals surface area (Å²) in [6, 6.07) is -0.155. The molecule has 0 aliphatic heterocycles. The Morgan fingerprint density at radius 2 is 1.85 bits per heavy atom. The van der Waals surface area contributed by atoms with E-state index in [0.717, 1.165) is 31.6 Å². The standard InChI is InChI=1S/C14H26N2O4/c1-3-10-4-6-11(7-5-10)16-13(19)15-9-14(2,20)8-12(17)18/h10-11,20H,3-9H2,1-2H3,(H,17,18)(H2,15,16,19). The number of carboxylic acid groups (broad SMARTS) is 1. The van der Waals surface area contributed by atoms with Gasteiger partial charge in [0, 0.05) is 12.6 Å². The number of rotatable bonds is 6. The molecule has 20 heavy (non-hydrogen) atoms. The van der Waals surface area contributed by atoms with Gasteiger partial charge in [-0.15, -0.1) is 0 Å². The van der Waals surface area contributed by atoms with Crippen molar-refractivity contribution < 1.29 is 19.8 Å². The highest BCUT2D eigenvalue weighted by Gasteiger charge is 2.26. The normalized spacial score (nSPS) is 25.6. The van der Waals surface area contributed by atoms with Crippen LogP contribution in [0.1, 0.15) is 52.4 Å². The van der Waals surface area contributed by atoms with Crippen LogP contribution in [-0.4, -0.2) is 40.4 Å². The molecule has 0 bridgehead atoms. The quantitative estimate of drug-likeness (QED) is 0.594. The highest BCUT2D eigenvalue weighted by molar-refractivity contribution is 5.74. The number of carbonyl (C=O) groups is 2. The van der Waals surface area contributed by atoms with Crippen molar-refractivity contribution >= 4 is 12.0 Å². The summed E-state index contributed by atoms with van der Waals surface area (Å²) in [4.78, 5) is 22.3. The van der Waals surface area contributed by atoms with E-state index in [-0.39, 0.29) is 18.6 Å². The van der Waals surface area contributed by atoms with Crippen LogP contribution in [0.5, 0.6) is 0 Å². The van der Waals surface area contributed by atoms with Gasteiger partial charge in [0.1, 0.15) is 0 Å². The molecule has 0 saturated heterocycles. The Bertz CT molecular complexity index is 336. The van der Waals surface area contributed by atoms with Crippen molar-refractivity contribution in [2.45, 2.75) is 64.0 Å². The second-order valence-corrected chi connectivity index (χ2v) is 6.02. The smallest absolute Gasteiger partial charge is 0.315 e. The molecule has 1 rings (SSSR count). The lowest BCUT2D eigenvalue weighted by Gasteiger charge is -2.29. The third-order valence-corrected chi connectivity index (χ3v) is 3.92. The lowest BCUT2D eigenvalue weighted by molar-refractivity contribution is -0.141. The minimum Gasteiger partial charge on any atom is -0.481 e. The SMILES string of the molecule is CCC1CCC(NC(=O)NCC(C)(O)CC(=O)O)CC1. The first-order valence-electron chi connectivity index (χ1n) is 7.31. The molecule has 0 aromatic heterocycles. The van der Waals surface area contributed by atoms with Crippen LogP contribution in [0.2, 0.25) is 0 Å². The zero-order valence-corrected chi connectivity index (χ0v) is 12.3. The van der Waals surface area contributed by atoms with Crippen molar-refractivity contribution in [3.05, 3.63) is 0 Å². The Balaban J connectivity index is 2.25. The van der Waals surface area contributed by atoms with Gasteiger partial charge in [-0.25, -0.2) is 4.79 Å². The van der Waals surface area contributed by atoms with Crippen molar-refractivity contribution in [2.75, 3.05) is 6.54 Å². The van der Waals surface area contributed by atoms with Gasteiger partial charge in [-0.3, -0.25) is 4.79 Å². The van der Waals surface area contributed by atoms with E-state index in [1.165, 1.54) is 13.3 Å². The van der Waals surface area contributed by atoms with Gasteiger partial charge in [-0.05, 0) is 38.5 Å². The summed E-state index contributed by atoms with van der Waals surface area (Å²) < 4.78 is 0. The molecule has 1 fully saturated rings. The Kier molecular flexibility index (Phi) is 6.26. The molecule has 116 valence electrons. The highest BCUT2D eigenvalue weighted by atomic mass is 16.4. The summed E-state index contributed by atoms with van der Waals surface area (Å²) in [5.41, 5.74) is -1.43. The molecular formula is C14H26N2O4. The van der Waals surface area contributed by atoms with Crippen molar-refractivity contribution in [3.63, 3.8) is 0 Å². The van der Waals surface area contributed by atoms with E-state index < -0.39 is 18.0 Å². The van der Waals surface area contributed by atoms with Gasteiger partial charge < -0.3 is 20.8 Å². The first-order chi connectivity index (χ1) is 9.32. The summed E-state index contributed by atoms with van der Waals surface area (Å²) in [5.74, 6) is -0.317. The molecule has 4 N–H and O–H groups in total. The highest BCUT2D eigenvalue weighted by Crippen LogP contribution is 2.26. The Morgan fingerprint density at radius 3 is 2.35 bits per heavy atom. The number of carboxylic acids is 1. The number of nitrogens with one attached hydrogen (secondary N) is 2. The van der Waals surface area contributed by atoms with E-state index in [9.17, 15) is 14.7 Å². The number of carbonyl (C=O) groups excluding carboxylic acids is 1. The minimum atomic E-state index is -1.43. The minimum absolute atomic E-state index is 0.0740. The molecule has 1 atom stereocenters. The molecule has 1 unspecified atom stereocenters. The number of hydrogen-bond acceptors (Lipinski definition) is 3. The largest absolute Gasteiger partial charge is 0.481 e.